The molecule has 4 nitrogen and oxygen atoms in total. The van der Waals surface area contributed by atoms with Crippen LogP contribution in [0.1, 0.15) is 110 Å². The van der Waals surface area contributed by atoms with Crippen molar-refractivity contribution < 1.29 is 0 Å². The molecule has 2 aromatic carbocycles. The minimum absolute atomic E-state index is 0.172. The molecule has 1 aliphatic heterocycles. The Balaban J connectivity index is 0.000000930. The summed E-state index contributed by atoms with van der Waals surface area (Å²) < 4.78 is 0. The van der Waals surface area contributed by atoms with Crippen LogP contribution in [0.4, 0.5) is 22.7 Å². The lowest BCUT2D eigenvalue weighted by atomic mass is 9.93. The SMILES string of the molecule is CC(C)(C)C.CCC.CCCN1c2ccccc2N(CC(C)(C)C)C1C(C)N(CC(C)(C)C)c1ccccc1NC. The highest BCUT2D eigenvalue weighted by molar-refractivity contribution is 5.79. The predicted octanol–water partition coefficient (Wildman–Crippen LogP) is 10.5. The van der Waals surface area contributed by atoms with Gasteiger partial charge in [-0.05, 0) is 53.9 Å². The summed E-state index contributed by atoms with van der Waals surface area (Å²) in [7, 11) is 2.03. The summed E-state index contributed by atoms with van der Waals surface area (Å²) in [6.45, 7) is 34.9. The number of rotatable bonds is 8. The van der Waals surface area contributed by atoms with E-state index in [0.717, 1.165) is 26.1 Å². The second kappa shape index (κ2) is 15.8. The maximum atomic E-state index is 3.44. The van der Waals surface area contributed by atoms with Crippen molar-refractivity contribution in [3.8, 4) is 0 Å². The van der Waals surface area contributed by atoms with Crippen LogP contribution < -0.4 is 20.0 Å². The van der Waals surface area contributed by atoms with Gasteiger partial charge in [0, 0.05) is 26.7 Å². The van der Waals surface area contributed by atoms with E-state index in [0.29, 0.717) is 11.5 Å². The fourth-order valence-electron chi connectivity index (χ4n) is 5.16. The summed E-state index contributed by atoms with van der Waals surface area (Å²) in [5.41, 5.74) is 6.09. The van der Waals surface area contributed by atoms with Crippen LogP contribution in [0.25, 0.3) is 0 Å². The molecule has 1 N–H and O–H groups in total. The smallest absolute Gasteiger partial charge is 0.122 e. The number of benzene rings is 2. The van der Waals surface area contributed by atoms with Crippen molar-refractivity contribution in [3.63, 3.8) is 0 Å². The Morgan fingerprint density at radius 3 is 1.66 bits per heavy atom. The molecule has 2 aromatic rings. The largest absolute Gasteiger partial charge is 0.386 e. The fourth-order valence-corrected chi connectivity index (χ4v) is 5.16. The van der Waals surface area contributed by atoms with Gasteiger partial charge >= 0.3 is 0 Å². The standard InChI is InChI=1S/C29H46N4.C5H12.C3H8/c1-10-19-31-25-17-13-14-18-26(25)33(21-29(6,7)8)27(31)22(2)32(20-28(3,4)5)24-16-12-11-15-23(24)30-9;1-5(2,3)4;1-3-2/h11-18,22,27,30H,10,19-21H2,1-9H3;1-4H3;3H2,1-2H3. The van der Waals surface area contributed by atoms with Crippen LogP contribution >= 0.6 is 0 Å². The van der Waals surface area contributed by atoms with E-state index in [-0.39, 0.29) is 17.0 Å². The van der Waals surface area contributed by atoms with Crippen LogP contribution in [-0.2, 0) is 0 Å². The Kier molecular flexibility index (Phi) is 14.1. The third-order valence-corrected chi connectivity index (χ3v) is 6.30. The Morgan fingerprint density at radius 1 is 0.756 bits per heavy atom. The number of fused-ring (bicyclic) bond motifs is 1. The van der Waals surface area contributed by atoms with Crippen LogP contribution in [0, 0.1) is 16.2 Å². The fraction of sp³-hybridized carbons (Fsp3) is 0.676. The molecule has 0 spiro atoms. The molecule has 0 fully saturated rings. The van der Waals surface area contributed by atoms with E-state index in [4.69, 9.17) is 0 Å². The van der Waals surface area contributed by atoms with Crippen LogP contribution in [0.3, 0.4) is 0 Å². The molecular formula is C37H66N4. The van der Waals surface area contributed by atoms with Crippen LogP contribution in [0.2, 0.25) is 0 Å². The molecule has 2 atom stereocenters. The van der Waals surface area contributed by atoms with E-state index in [1.54, 1.807) is 0 Å². The number of hydrogen-bond donors (Lipinski definition) is 1. The first kappa shape index (κ1) is 36.7. The summed E-state index contributed by atoms with van der Waals surface area (Å²) in [4.78, 5) is 7.97. The van der Waals surface area contributed by atoms with Crippen molar-refractivity contribution in [1.82, 2.24) is 0 Å². The lowest BCUT2D eigenvalue weighted by Gasteiger charge is -2.46. The van der Waals surface area contributed by atoms with Gasteiger partial charge in [0.2, 0.25) is 0 Å². The lowest BCUT2D eigenvalue weighted by Crippen LogP contribution is -2.59. The summed E-state index contributed by atoms with van der Waals surface area (Å²) >= 11 is 0. The van der Waals surface area contributed by atoms with Gasteiger partial charge in [0.1, 0.15) is 6.17 Å². The first-order chi connectivity index (χ1) is 18.9. The molecule has 0 saturated heterocycles. The molecule has 234 valence electrons. The third kappa shape index (κ3) is 12.2. The van der Waals surface area contributed by atoms with Crippen LogP contribution in [0.15, 0.2) is 48.5 Å². The first-order valence-electron chi connectivity index (χ1n) is 16.0. The van der Waals surface area contributed by atoms with E-state index >= 15 is 0 Å². The number of nitrogens with one attached hydrogen (secondary N) is 1. The average Bonchev–Trinajstić information content (AvgIpc) is 3.13. The van der Waals surface area contributed by atoms with Crippen molar-refractivity contribution >= 4 is 22.7 Å². The third-order valence-electron chi connectivity index (χ3n) is 6.30. The van der Waals surface area contributed by atoms with Gasteiger partial charge in [0.15, 0.2) is 0 Å². The summed E-state index contributed by atoms with van der Waals surface area (Å²) in [6.07, 6.45) is 2.65. The van der Waals surface area contributed by atoms with Gasteiger partial charge in [-0.2, -0.15) is 0 Å². The van der Waals surface area contributed by atoms with Gasteiger partial charge in [-0.3, -0.25) is 0 Å². The van der Waals surface area contributed by atoms with Gasteiger partial charge in [-0.1, -0.05) is 121 Å². The zero-order valence-corrected chi connectivity index (χ0v) is 29.7. The van der Waals surface area contributed by atoms with Crippen LogP contribution in [0.5, 0.6) is 0 Å². The molecule has 3 rings (SSSR count). The Bertz CT molecular complexity index is 1000. The Hall–Kier alpha value is -2.36. The van der Waals surface area contributed by atoms with Gasteiger partial charge in [0.05, 0.1) is 28.8 Å². The van der Waals surface area contributed by atoms with Crippen LogP contribution in [-0.4, -0.2) is 38.9 Å². The quantitative estimate of drug-likeness (QED) is 0.343. The molecule has 1 aliphatic rings. The van der Waals surface area contributed by atoms with E-state index in [9.17, 15) is 0 Å². The normalized spacial score (nSPS) is 15.7. The number of hydrogen-bond acceptors (Lipinski definition) is 4. The number of para-hydroxylation sites is 4. The highest BCUT2D eigenvalue weighted by Gasteiger charge is 2.42. The average molecular weight is 567 g/mol. The van der Waals surface area contributed by atoms with Gasteiger partial charge in [-0.15, -0.1) is 0 Å². The molecule has 0 saturated carbocycles. The van der Waals surface area contributed by atoms with E-state index in [1.807, 2.05) is 7.05 Å². The lowest BCUT2D eigenvalue weighted by molar-refractivity contribution is 0.347. The second-order valence-electron chi connectivity index (χ2n) is 15.7. The van der Waals surface area contributed by atoms with Gasteiger partial charge in [-0.25, -0.2) is 0 Å². The van der Waals surface area contributed by atoms with E-state index in [1.165, 1.54) is 29.2 Å². The van der Waals surface area contributed by atoms with Crippen molar-refractivity contribution in [1.29, 1.82) is 0 Å². The predicted molar refractivity (Wildman–Crippen MR) is 188 cm³/mol. The van der Waals surface area contributed by atoms with Gasteiger partial charge < -0.3 is 20.0 Å². The second-order valence-corrected chi connectivity index (χ2v) is 15.7. The molecule has 0 radical (unpaired) electrons. The number of anilines is 4. The summed E-state index contributed by atoms with van der Waals surface area (Å²) in [6, 6.07) is 18.0. The zero-order valence-electron chi connectivity index (χ0n) is 29.7. The zero-order chi connectivity index (χ0) is 31.6. The maximum Gasteiger partial charge on any atom is 0.122 e. The van der Waals surface area contributed by atoms with Crippen molar-refractivity contribution in [2.75, 3.05) is 46.7 Å². The molecular weight excluding hydrogens is 500 g/mol. The molecule has 0 aliphatic carbocycles. The minimum atomic E-state index is 0.172. The molecule has 4 heteroatoms. The molecule has 41 heavy (non-hydrogen) atoms. The van der Waals surface area contributed by atoms with Crippen molar-refractivity contribution in [2.45, 2.75) is 122 Å². The molecule has 2 unspecified atom stereocenters. The molecule has 1 heterocycles. The molecule has 0 bridgehead atoms. The summed E-state index contributed by atoms with van der Waals surface area (Å²) in [5.74, 6) is 0. The Labute approximate surface area is 255 Å². The first-order valence-corrected chi connectivity index (χ1v) is 16.0. The molecule has 0 amide bonds. The maximum absolute atomic E-state index is 3.44. The monoisotopic (exact) mass is 567 g/mol. The van der Waals surface area contributed by atoms with E-state index < -0.39 is 0 Å². The topological polar surface area (TPSA) is 21.8 Å². The van der Waals surface area contributed by atoms with Crippen molar-refractivity contribution in [3.05, 3.63) is 48.5 Å². The highest BCUT2D eigenvalue weighted by Crippen LogP contribution is 2.44. The minimum Gasteiger partial charge on any atom is -0.386 e. The number of nitrogens with zero attached hydrogens (tertiary/aromatic N) is 3. The summed E-state index contributed by atoms with van der Waals surface area (Å²) in [5, 5.41) is 3.44. The highest BCUT2D eigenvalue weighted by atomic mass is 15.5. The van der Waals surface area contributed by atoms with Crippen molar-refractivity contribution in [2.24, 2.45) is 16.2 Å². The Morgan fingerprint density at radius 2 is 1.22 bits per heavy atom. The van der Waals surface area contributed by atoms with Gasteiger partial charge in [0.25, 0.3) is 0 Å². The van der Waals surface area contributed by atoms with E-state index in [2.05, 4.69) is 165 Å². The molecule has 0 aromatic heterocycles.